The highest BCUT2D eigenvalue weighted by atomic mass is 35.5. The first kappa shape index (κ1) is 13.8. The molecule has 2 aromatic rings. The number of ketones is 1. The van der Waals surface area contributed by atoms with Crippen LogP contribution < -0.4 is 4.74 Å². The number of benzene rings is 2. The lowest BCUT2D eigenvalue weighted by Crippen LogP contribution is -2.05. The van der Waals surface area contributed by atoms with Crippen LogP contribution in [0.15, 0.2) is 36.4 Å². The predicted molar refractivity (Wildman–Crippen MR) is 72.8 cm³/mol. The van der Waals surface area contributed by atoms with E-state index in [4.69, 9.17) is 27.9 Å². The van der Waals surface area contributed by atoms with Gasteiger partial charge in [0.15, 0.2) is 5.78 Å². The van der Waals surface area contributed by atoms with Gasteiger partial charge in [-0.25, -0.2) is 4.39 Å². The Bertz CT molecular complexity index is 641. The van der Waals surface area contributed by atoms with Gasteiger partial charge in [-0.05, 0) is 24.3 Å². The molecule has 0 radical (unpaired) electrons. The van der Waals surface area contributed by atoms with Crippen LogP contribution >= 0.6 is 23.2 Å². The van der Waals surface area contributed by atoms with Crippen LogP contribution in [0.25, 0.3) is 0 Å². The molecule has 0 spiro atoms. The molecule has 19 heavy (non-hydrogen) atoms. The molecule has 0 aliphatic rings. The molecule has 0 saturated carbocycles. The van der Waals surface area contributed by atoms with E-state index in [1.54, 1.807) is 6.07 Å². The molecule has 0 amide bonds. The van der Waals surface area contributed by atoms with Gasteiger partial charge in [-0.15, -0.1) is 0 Å². The summed E-state index contributed by atoms with van der Waals surface area (Å²) in [6, 6.07) is 8.67. The first-order valence-corrected chi connectivity index (χ1v) is 6.13. The molecular formula is C14H9Cl2FO2. The average molecular weight is 299 g/mol. The summed E-state index contributed by atoms with van der Waals surface area (Å²) >= 11 is 12.0. The van der Waals surface area contributed by atoms with Crippen molar-refractivity contribution >= 4 is 29.0 Å². The van der Waals surface area contributed by atoms with Gasteiger partial charge in [0.05, 0.1) is 17.7 Å². The third kappa shape index (κ3) is 2.57. The van der Waals surface area contributed by atoms with Crippen molar-refractivity contribution in [2.75, 3.05) is 7.11 Å². The third-order valence-corrected chi connectivity index (χ3v) is 3.49. The Labute approximate surface area is 119 Å². The molecule has 0 fully saturated rings. The van der Waals surface area contributed by atoms with E-state index in [9.17, 15) is 9.18 Å². The highest BCUT2D eigenvalue weighted by Gasteiger charge is 2.19. The molecule has 0 N–H and O–H groups in total. The second kappa shape index (κ2) is 5.59. The van der Waals surface area contributed by atoms with Crippen LogP contribution in [0.3, 0.4) is 0 Å². The zero-order chi connectivity index (χ0) is 14.0. The summed E-state index contributed by atoms with van der Waals surface area (Å²) in [4.78, 5) is 12.2. The maximum Gasteiger partial charge on any atom is 0.197 e. The second-order valence-electron chi connectivity index (χ2n) is 3.75. The first-order chi connectivity index (χ1) is 9.06. The fourth-order valence-electron chi connectivity index (χ4n) is 1.66. The number of ether oxygens (including phenoxy) is 1. The van der Waals surface area contributed by atoms with Gasteiger partial charge < -0.3 is 4.74 Å². The number of hydrogen-bond donors (Lipinski definition) is 0. The van der Waals surface area contributed by atoms with Crippen molar-refractivity contribution in [3.05, 3.63) is 63.4 Å². The Morgan fingerprint density at radius 3 is 2.37 bits per heavy atom. The molecule has 2 rings (SSSR count). The molecule has 98 valence electrons. The number of carbonyl (C=O) groups excluding carboxylic acids is 1. The molecule has 0 atom stereocenters. The molecule has 0 aliphatic carbocycles. The van der Waals surface area contributed by atoms with Gasteiger partial charge >= 0.3 is 0 Å². The van der Waals surface area contributed by atoms with Gasteiger partial charge in [-0.3, -0.25) is 4.79 Å². The summed E-state index contributed by atoms with van der Waals surface area (Å²) in [5.41, 5.74) is 0.0863. The summed E-state index contributed by atoms with van der Waals surface area (Å²) < 4.78 is 18.6. The van der Waals surface area contributed by atoms with Gasteiger partial charge in [0.25, 0.3) is 0 Å². The minimum Gasteiger partial charge on any atom is -0.495 e. The highest BCUT2D eigenvalue weighted by molar-refractivity contribution is 6.45. The summed E-state index contributed by atoms with van der Waals surface area (Å²) in [7, 11) is 1.44. The van der Waals surface area contributed by atoms with E-state index in [0.29, 0.717) is 5.75 Å². The lowest BCUT2D eigenvalue weighted by Gasteiger charge is -2.09. The smallest absolute Gasteiger partial charge is 0.197 e. The molecular weight excluding hydrogens is 290 g/mol. The fraction of sp³-hybridized carbons (Fsp3) is 0.0714. The molecule has 0 aromatic heterocycles. The molecule has 2 nitrogen and oxygen atoms in total. The summed E-state index contributed by atoms with van der Waals surface area (Å²) in [6.45, 7) is 0. The van der Waals surface area contributed by atoms with Crippen molar-refractivity contribution < 1.29 is 13.9 Å². The monoisotopic (exact) mass is 298 g/mol. The summed E-state index contributed by atoms with van der Waals surface area (Å²) in [5.74, 6) is -0.764. The van der Waals surface area contributed by atoms with Crippen LogP contribution in [0.5, 0.6) is 5.75 Å². The Morgan fingerprint density at radius 1 is 1.05 bits per heavy atom. The minimum atomic E-state index is -0.601. The van der Waals surface area contributed by atoms with Gasteiger partial charge in [0, 0.05) is 5.56 Å². The topological polar surface area (TPSA) is 26.3 Å². The van der Waals surface area contributed by atoms with E-state index in [0.717, 1.165) is 0 Å². The maximum absolute atomic E-state index is 13.6. The van der Waals surface area contributed by atoms with Gasteiger partial charge in [-0.2, -0.15) is 0 Å². The van der Waals surface area contributed by atoms with Crippen LogP contribution in [0.4, 0.5) is 4.39 Å². The average Bonchev–Trinajstić information content (AvgIpc) is 2.41. The van der Waals surface area contributed by atoms with Crippen molar-refractivity contribution in [3.8, 4) is 5.75 Å². The van der Waals surface area contributed by atoms with E-state index < -0.39 is 11.6 Å². The summed E-state index contributed by atoms with van der Waals surface area (Å²) in [6.07, 6.45) is 0. The predicted octanol–water partition coefficient (Wildman–Crippen LogP) is 4.37. The molecule has 2 aromatic carbocycles. The van der Waals surface area contributed by atoms with E-state index in [1.807, 2.05) is 0 Å². The minimum absolute atomic E-state index is 0.0502. The molecule has 0 heterocycles. The number of methoxy groups -OCH3 is 1. The van der Waals surface area contributed by atoms with Crippen molar-refractivity contribution in [2.24, 2.45) is 0 Å². The Hall–Kier alpha value is -1.58. The van der Waals surface area contributed by atoms with Crippen LogP contribution in [0.1, 0.15) is 15.9 Å². The van der Waals surface area contributed by atoms with E-state index in [-0.39, 0.29) is 21.2 Å². The van der Waals surface area contributed by atoms with Gasteiger partial charge in [-0.1, -0.05) is 35.3 Å². The fourth-order valence-corrected chi connectivity index (χ4v) is 2.14. The lowest BCUT2D eigenvalue weighted by atomic mass is 10.0. The molecule has 0 aliphatic heterocycles. The van der Waals surface area contributed by atoms with Crippen LogP contribution in [0.2, 0.25) is 10.0 Å². The SMILES string of the molecule is COc1ccc(C(=O)c2ccccc2F)c(Cl)c1Cl. The van der Waals surface area contributed by atoms with E-state index >= 15 is 0 Å². The molecule has 0 saturated heterocycles. The highest BCUT2D eigenvalue weighted by Crippen LogP contribution is 2.35. The number of carbonyl (C=O) groups is 1. The Morgan fingerprint density at radius 2 is 1.74 bits per heavy atom. The maximum atomic E-state index is 13.6. The Kier molecular flexibility index (Phi) is 4.08. The standard InChI is InChI=1S/C14H9Cl2FO2/c1-19-11-7-6-9(12(15)13(11)16)14(18)8-4-2-3-5-10(8)17/h2-7H,1H3. The van der Waals surface area contributed by atoms with Crippen molar-refractivity contribution in [2.45, 2.75) is 0 Å². The number of halogens is 3. The zero-order valence-electron chi connectivity index (χ0n) is 9.91. The van der Waals surface area contributed by atoms with Gasteiger partial charge in [0.1, 0.15) is 16.6 Å². The zero-order valence-corrected chi connectivity index (χ0v) is 11.4. The van der Waals surface area contributed by atoms with E-state index in [1.165, 1.54) is 37.4 Å². The van der Waals surface area contributed by atoms with Crippen LogP contribution in [0, 0.1) is 5.82 Å². The first-order valence-electron chi connectivity index (χ1n) is 5.37. The quantitative estimate of drug-likeness (QED) is 0.787. The second-order valence-corrected chi connectivity index (χ2v) is 4.51. The summed E-state index contributed by atoms with van der Waals surface area (Å²) in [5, 5.41) is 0.181. The number of hydrogen-bond acceptors (Lipinski definition) is 2. The molecule has 0 unspecified atom stereocenters. The van der Waals surface area contributed by atoms with Crippen LogP contribution in [-0.4, -0.2) is 12.9 Å². The lowest BCUT2D eigenvalue weighted by molar-refractivity contribution is 0.103. The Balaban J connectivity index is 2.52. The molecule has 0 bridgehead atoms. The normalized spacial score (nSPS) is 10.3. The third-order valence-electron chi connectivity index (χ3n) is 2.63. The van der Waals surface area contributed by atoms with E-state index in [2.05, 4.69) is 0 Å². The molecule has 5 heteroatoms. The van der Waals surface area contributed by atoms with Crippen molar-refractivity contribution in [1.29, 1.82) is 0 Å². The van der Waals surface area contributed by atoms with Crippen molar-refractivity contribution in [1.82, 2.24) is 0 Å². The number of rotatable bonds is 3. The van der Waals surface area contributed by atoms with Crippen molar-refractivity contribution in [3.63, 3.8) is 0 Å². The van der Waals surface area contributed by atoms with Gasteiger partial charge in [0.2, 0.25) is 0 Å². The largest absolute Gasteiger partial charge is 0.495 e. The van der Waals surface area contributed by atoms with Crippen LogP contribution in [-0.2, 0) is 0 Å².